The van der Waals surface area contributed by atoms with E-state index in [9.17, 15) is 10.1 Å². The van der Waals surface area contributed by atoms with Crippen LogP contribution in [0.15, 0.2) is 30.5 Å². The summed E-state index contributed by atoms with van der Waals surface area (Å²) in [6.07, 6.45) is 8.23. The van der Waals surface area contributed by atoms with Crippen LogP contribution in [-0.4, -0.2) is 64.0 Å². The Bertz CT molecular complexity index is 1510. The van der Waals surface area contributed by atoms with E-state index in [2.05, 4.69) is 82.6 Å². The highest BCUT2D eigenvalue weighted by Gasteiger charge is 2.41. The number of H-pyrrole nitrogens is 1. The first-order chi connectivity index (χ1) is 20.5. The van der Waals surface area contributed by atoms with Crippen molar-refractivity contribution in [1.82, 2.24) is 30.2 Å². The normalized spacial score (nSPS) is 18.1. The summed E-state index contributed by atoms with van der Waals surface area (Å²) in [5.41, 5.74) is 3.90. The van der Waals surface area contributed by atoms with Crippen LogP contribution in [0, 0.1) is 16.7 Å². The molecule has 2 aromatic heterocycles. The maximum atomic E-state index is 13.7. The minimum absolute atomic E-state index is 0.144. The van der Waals surface area contributed by atoms with Gasteiger partial charge in [0.1, 0.15) is 12.8 Å². The molecular weight excluding hydrogens is 560 g/mol. The minimum Gasteiger partial charge on any atom is -0.381 e. The molecule has 3 heterocycles. The van der Waals surface area contributed by atoms with Crippen molar-refractivity contribution in [1.29, 1.82) is 5.26 Å². The fraction of sp³-hybridized carbons (Fsp3) is 0.548. The van der Waals surface area contributed by atoms with Gasteiger partial charge < -0.3 is 19.4 Å². The molecule has 11 nitrogen and oxygen atoms in total. The highest BCUT2D eigenvalue weighted by Crippen LogP contribution is 2.44. The average molecular weight is 603 g/mol. The molecule has 5 rings (SSSR count). The summed E-state index contributed by atoms with van der Waals surface area (Å²) in [6.45, 7) is 13.4. The summed E-state index contributed by atoms with van der Waals surface area (Å²) in [4.78, 5) is 18.0. The van der Waals surface area contributed by atoms with Crippen LogP contribution in [0.1, 0.15) is 79.2 Å². The van der Waals surface area contributed by atoms with E-state index in [4.69, 9.17) is 9.47 Å². The number of benzene rings is 1. The van der Waals surface area contributed by atoms with Crippen LogP contribution in [-0.2, 0) is 21.6 Å². The van der Waals surface area contributed by atoms with Crippen LogP contribution in [0.3, 0.4) is 0 Å². The Morgan fingerprint density at radius 3 is 2.67 bits per heavy atom. The Morgan fingerprint density at radius 1 is 1.23 bits per heavy atom. The molecule has 43 heavy (non-hydrogen) atoms. The van der Waals surface area contributed by atoms with Crippen molar-refractivity contribution in [2.24, 2.45) is 5.41 Å². The second-order valence-electron chi connectivity index (χ2n) is 13.6. The van der Waals surface area contributed by atoms with Gasteiger partial charge in [0.05, 0.1) is 5.41 Å². The monoisotopic (exact) mass is 602 g/mol. The number of imidazole rings is 1. The smallest absolute Gasteiger partial charge is 0.291 e. The Balaban J connectivity index is 1.48. The molecule has 0 unspecified atom stereocenters. The molecule has 1 aliphatic carbocycles. The number of nitrogens with one attached hydrogen (secondary N) is 2. The third kappa shape index (κ3) is 7.12. The molecule has 1 amide bonds. The van der Waals surface area contributed by atoms with Crippen LogP contribution in [0.2, 0.25) is 25.7 Å². The van der Waals surface area contributed by atoms with Crippen molar-refractivity contribution in [3.8, 4) is 6.07 Å². The van der Waals surface area contributed by atoms with Crippen LogP contribution in [0.4, 0.5) is 5.69 Å². The van der Waals surface area contributed by atoms with E-state index in [0.29, 0.717) is 31.3 Å². The van der Waals surface area contributed by atoms with Crippen molar-refractivity contribution >= 4 is 25.2 Å². The molecule has 0 radical (unpaired) electrons. The quantitative estimate of drug-likeness (QED) is 0.228. The van der Waals surface area contributed by atoms with E-state index >= 15 is 0 Å². The van der Waals surface area contributed by atoms with E-state index in [1.165, 1.54) is 5.57 Å². The molecule has 228 valence electrons. The Kier molecular flexibility index (Phi) is 8.96. The van der Waals surface area contributed by atoms with Gasteiger partial charge in [0.2, 0.25) is 5.82 Å². The van der Waals surface area contributed by atoms with Crippen molar-refractivity contribution in [3.05, 3.63) is 58.9 Å². The van der Waals surface area contributed by atoms with E-state index in [0.717, 1.165) is 49.3 Å². The number of ether oxygens (including phenoxy) is 2. The van der Waals surface area contributed by atoms with Gasteiger partial charge in [-0.3, -0.25) is 4.79 Å². The molecule has 0 saturated carbocycles. The van der Waals surface area contributed by atoms with E-state index in [1.807, 2.05) is 12.1 Å². The van der Waals surface area contributed by atoms with Gasteiger partial charge in [0.25, 0.3) is 5.91 Å². The molecule has 1 fully saturated rings. The second-order valence-corrected chi connectivity index (χ2v) is 19.2. The maximum Gasteiger partial charge on any atom is 0.291 e. The number of nitriles is 1. The summed E-state index contributed by atoms with van der Waals surface area (Å²) in [6, 6.07) is 9.24. The number of carbonyl (C=O) groups excluding carboxylic acids is 1. The molecule has 0 atom stereocenters. The SMILES string of the molecule is CC1(C)CC=C(c2cc(C3(c4nn[nH]n4)CCOCC3)ccc2NC(=O)c2nc(C#N)cn2COCC[Si](C)(C)C)CC1. The molecule has 1 aromatic carbocycles. The van der Waals surface area contributed by atoms with Crippen molar-refractivity contribution in [3.63, 3.8) is 0 Å². The maximum absolute atomic E-state index is 13.7. The average Bonchev–Trinajstić information content (AvgIpc) is 3.67. The minimum atomic E-state index is -1.26. The van der Waals surface area contributed by atoms with Crippen LogP contribution < -0.4 is 5.32 Å². The first-order valence-electron chi connectivity index (χ1n) is 15.0. The lowest BCUT2D eigenvalue weighted by Crippen LogP contribution is -2.36. The van der Waals surface area contributed by atoms with E-state index in [-0.39, 0.29) is 29.6 Å². The topological polar surface area (TPSA) is 144 Å². The summed E-state index contributed by atoms with van der Waals surface area (Å²) < 4.78 is 13.2. The number of tetrazole rings is 1. The summed E-state index contributed by atoms with van der Waals surface area (Å²) in [7, 11) is -1.26. The standard InChI is InChI=1S/C31H42N8O3Si/c1-30(2)10-8-22(9-11-30)25-18-23(31(12-14-41-15-13-31)29-35-37-38-36-29)6-7-26(25)34-28(40)27-33-24(19-32)20-39(27)21-42-16-17-43(3,4)5/h6-8,18,20H,9-17,21H2,1-5H3,(H,34,40)(H,35,36,37,38). The number of rotatable bonds is 10. The number of hydrogen-bond donors (Lipinski definition) is 2. The second kappa shape index (κ2) is 12.5. The van der Waals surface area contributed by atoms with Crippen LogP contribution >= 0.6 is 0 Å². The number of anilines is 1. The van der Waals surface area contributed by atoms with Gasteiger partial charge in [0.15, 0.2) is 11.5 Å². The van der Waals surface area contributed by atoms with Crippen molar-refractivity contribution in [2.45, 2.75) is 83.8 Å². The van der Waals surface area contributed by atoms with Gasteiger partial charge in [-0.1, -0.05) is 50.8 Å². The summed E-state index contributed by atoms with van der Waals surface area (Å²) >= 11 is 0. The van der Waals surface area contributed by atoms with Gasteiger partial charge in [-0.25, -0.2) is 4.98 Å². The fourth-order valence-corrected chi connectivity index (χ4v) is 6.49. The largest absolute Gasteiger partial charge is 0.381 e. The fourth-order valence-electron chi connectivity index (χ4n) is 5.73. The zero-order valence-corrected chi connectivity index (χ0v) is 26.9. The lowest BCUT2D eigenvalue weighted by molar-refractivity contribution is 0.0605. The number of aromatic nitrogens is 6. The van der Waals surface area contributed by atoms with Gasteiger partial charge in [-0.2, -0.15) is 10.5 Å². The van der Waals surface area contributed by atoms with Crippen molar-refractivity contribution in [2.75, 3.05) is 25.1 Å². The first kappa shape index (κ1) is 30.8. The highest BCUT2D eigenvalue weighted by atomic mass is 28.3. The summed E-state index contributed by atoms with van der Waals surface area (Å²) in [5, 5.41) is 27.9. The van der Waals surface area contributed by atoms with E-state index in [1.54, 1.807) is 10.8 Å². The van der Waals surface area contributed by atoms with E-state index < -0.39 is 13.5 Å². The molecule has 12 heteroatoms. The Labute approximate surface area is 254 Å². The molecule has 1 saturated heterocycles. The Morgan fingerprint density at radius 2 is 2.02 bits per heavy atom. The zero-order valence-electron chi connectivity index (χ0n) is 25.9. The number of aromatic amines is 1. The molecule has 1 aliphatic heterocycles. The number of amides is 1. The van der Waals surface area contributed by atoms with Crippen LogP contribution in [0.25, 0.3) is 5.57 Å². The molecule has 3 aromatic rings. The molecule has 2 N–H and O–H groups in total. The van der Waals surface area contributed by atoms with Gasteiger partial charge in [0, 0.05) is 45.3 Å². The number of nitrogens with zero attached hydrogens (tertiary/aromatic N) is 6. The number of carbonyl (C=O) groups is 1. The zero-order chi connectivity index (χ0) is 30.7. The highest BCUT2D eigenvalue weighted by molar-refractivity contribution is 6.76. The number of hydrogen-bond acceptors (Lipinski definition) is 8. The lowest BCUT2D eigenvalue weighted by Gasteiger charge is -2.36. The van der Waals surface area contributed by atoms with Crippen molar-refractivity contribution < 1.29 is 14.3 Å². The number of allylic oxidation sites excluding steroid dienone is 2. The molecular formula is C31H42N8O3Si. The third-order valence-electron chi connectivity index (χ3n) is 8.58. The van der Waals surface area contributed by atoms with Gasteiger partial charge in [-0.15, -0.1) is 10.2 Å². The molecule has 0 bridgehead atoms. The Hall–Kier alpha value is -3.66. The summed E-state index contributed by atoms with van der Waals surface area (Å²) in [5.74, 6) is 0.406. The van der Waals surface area contributed by atoms with Gasteiger partial charge in [-0.05, 0) is 66.8 Å². The predicted octanol–water partition coefficient (Wildman–Crippen LogP) is 5.52. The molecule has 2 aliphatic rings. The van der Waals surface area contributed by atoms with Gasteiger partial charge >= 0.3 is 0 Å². The lowest BCUT2D eigenvalue weighted by atomic mass is 9.72. The predicted molar refractivity (Wildman–Crippen MR) is 166 cm³/mol. The van der Waals surface area contributed by atoms with Crippen LogP contribution in [0.5, 0.6) is 0 Å². The third-order valence-corrected chi connectivity index (χ3v) is 10.3. The molecule has 0 spiro atoms. The first-order valence-corrected chi connectivity index (χ1v) is 18.7.